The van der Waals surface area contributed by atoms with Gasteiger partial charge in [-0.1, -0.05) is 42.5 Å². The number of rotatable bonds is 7. The Bertz CT molecular complexity index is 925. The molecule has 1 heterocycles. The fourth-order valence-electron chi connectivity index (χ4n) is 2.40. The van der Waals surface area contributed by atoms with Crippen molar-refractivity contribution < 1.29 is 9.47 Å². The Morgan fingerprint density at radius 1 is 1.04 bits per heavy atom. The van der Waals surface area contributed by atoms with Gasteiger partial charge < -0.3 is 15.2 Å². The second-order valence-electron chi connectivity index (χ2n) is 5.60. The number of nitrogens with two attached hydrogens (primary N) is 1. The Kier molecular flexibility index (Phi) is 6.14. The van der Waals surface area contributed by atoms with Gasteiger partial charge in [0.25, 0.3) is 0 Å². The molecule has 3 rings (SSSR count). The summed E-state index contributed by atoms with van der Waals surface area (Å²) in [7, 11) is 1.60. The molecule has 3 aromatic rings. The molecule has 6 heteroatoms. The lowest BCUT2D eigenvalue weighted by atomic mass is 10.2. The van der Waals surface area contributed by atoms with E-state index in [1.807, 2.05) is 60.7 Å². The lowest BCUT2D eigenvalue weighted by Crippen LogP contribution is -2.14. The summed E-state index contributed by atoms with van der Waals surface area (Å²) < 4.78 is 11.4. The molecule has 2 aromatic carbocycles. The van der Waals surface area contributed by atoms with Crippen molar-refractivity contribution >= 4 is 12.1 Å². The summed E-state index contributed by atoms with van der Waals surface area (Å²) in [6.07, 6.45) is 3.23. The van der Waals surface area contributed by atoms with E-state index in [-0.39, 0.29) is 5.84 Å². The molecule has 0 fully saturated rings. The minimum absolute atomic E-state index is 0.238. The summed E-state index contributed by atoms with van der Waals surface area (Å²) in [5, 5.41) is 8.08. The molecular formula is C21H20N4O2. The predicted molar refractivity (Wildman–Crippen MR) is 106 cm³/mol. The molecule has 0 atom stereocenters. The summed E-state index contributed by atoms with van der Waals surface area (Å²) in [5.41, 5.74) is 8.27. The van der Waals surface area contributed by atoms with Crippen molar-refractivity contribution in [3.63, 3.8) is 0 Å². The molecular weight excluding hydrogens is 340 g/mol. The predicted octanol–water partition coefficient (Wildman–Crippen LogP) is 3.41. The molecule has 0 spiro atoms. The highest BCUT2D eigenvalue weighted by Gasteiger charge is 2.09. The van der Waals surface area contributed by atoms with Gasteiger partial charge in [0.2, 0.25) is 0 Å². The van der Waals surface area contributed by atoms with E-state index in [1.54, 1.807) is 25.6 Å². The van der Waals surface area contributed by atoms with Gasteiger partial charge in [-0.15, -0.1) is 5.10 Å². The first-order valence-electron chi connectivity index (χ1n) is 8.39. The Balaban J connectivity index is 1.80. The number of amidine groups is 1. The summed E-state index contributed by atoms with van der Waals surface area (Å²) in [6, 6.07) is 20.9. The first-order chi connectivity index (χ1) is 13.3. The van der Waals surface area contributed by atoms with Crippen LogP contribution in [0.4, 0.5) is 0 Å². The molecule has 0 aliphatic rings. The van der Waals surface area contributed by atoms with Crippen LogP contribution < -0.4 is 15.2 Å². The Morgan fingerprint density at radius 3 is 2.59 bits per heavy atom. The minimum Gasteiger partial charge on any atom is -0.493 e. The fraction of sp³-hybridized carbons (Fsp3) is 0.0952. The summed E-state index contributed by atoms with van der Waals surface area (Å²) in [5.74, 6) is 1.46. The summed E-state index contributed by atoms with van der Waals surface area (Å²) >= 11 is 0. The zero-order valence-electron chi connectivity index (χ0n) is 14.9. The van der Waals surface area contributed by atoms with Gasteiger partial charge in [-0.05, 0) is 29.8 Å². The summed E-state index contributed by atoms with van der Waals surface area (Å²) in [6.45, 7) is 0.418. The highest BCUT2D eigenvalue weighted by Crippen LogP contribution is 2.30. The molecule has 0 radical (unpaired) electrons. The van der Waals surface area contributed by atoms with Crippen LogP contribution in [0.25, 0.3) is 0 Å². The van der Waals surface area contributed by atoms with E-state index in [4.69, 9.17) is 15.2 Å². The normalized spacial score (nSPS) is 11.5. The van der Waals surface area contributed by atoms with Crippen LogP contribution in [0.3, 0.4) is 0 Å². The number of aromatic nitrogens is 1. The van der Waals surface area contributed by atoms with E-state index < -0.39 is 0 Å². The first kappa shape index (κ1) is 18.1. The molecule has 1 aromatic heterocycles. The van der Waals surface area contributed by atoms with Crippen molar-refractivity contribution in [2.24, 2.45) is 15.9 Å². The van der Waals surface area contributed by atoms with Crippen molar-refractivity contribution in [3.05, 3.63) is 89.7 Å². The van der Waals surface area contributed by atoms with E-state index in [9.17, 15) is 0 Å². The molecule has 6 nitrogen and oxygen atoms in total. The first-order valence-corrected chi connectivity index (χ1v) is 8.39. The number of para-hydroxylation sites is 1. The van der Waals surface area contributed by atoms with E-state index in [0.717, 1.165) is 11.1 Å². The van der Waals surface area contributed by atoms with Crippen LogP contribution in [0.5, 0.6) is 11.5 Å². The van der Waals surface area contributed by atoms with Gasteiger partial charge in [0.15, 0.2) is 17.3 Å². The maximum atomic E-state index is 5.98. The van der Waals surface area contributed by atoms with E-state index in [2.05, 4.69) is 15.2 Å². The molecule has 0 aliphatic heterocycles. The minimum atomic E-state index is 0.238. The number of methoxy groups -OCH3 is 1. The van der Waals surface area contributed by atoms with Crippen LogP contribution in [0, 0.1) is 0 Å². The van der Waals surface area contributed by atoms with Crippen molar-refractivity contribution in [3.8, 4) is 11.5 Å². The van der Waals surface area contributed by atoms with Gasteiger partial charge in [0.1, 0.15) is 12.3 Å². The van der Waals surface area contributed by atoms with Gasteiger partial charge in [-0.25, -0.2) is 0 Å². The molecule has 0 aliphatic carbocycles. The van der Waals surface area contributed by atoms with Gasteiger partial charge in [-0.2, -0.15) is 5.10 Å². The molecule has 2 N–H and O–H groups in total. The number of hydrogen-bond donors (Lipinski definition) is 1. The molecule has 136 valence electrons. The molecule has 0 unspecified atom stereocenters. The average Bonchev–Trinajstić information content (AvgIpc) is 2.73. The van der Waals surface area contributed by atoms with Crippen molar-refractivity contribution in [2.45, 2.75) is 6.61 Å². The number of ether oxygens (including phenoxy) is 2. The van der Waals surface area contributed by atoms with Crippen molar-refractivity contribution in [1.29, 1.82) is 0 Å². The molecule has 0 saturated carbocycles. The Labute approximate surface area is 158 Å². The third-order valence-corrected chi connectivity index (χ3v) is 3.74. The van der Waals surface area contributed by atoms with Gasteiger partial charge in [-0.3, -0.25) is 4.98 Å². The van der Waals surface area contributed by atoms with E-state index >= 15 is 0 Å². The number of nitrogens with zero attached hydrogens (tertiary/aromatic N) is 3. The number of benzene rings is 2. The Hall–Kier alpha value is -3.67. The average molecular weight is 360 g/mol. The van der Waals surface area contributed by atoms with Crippen LogP contribution >= 0.6 is 0 Å². The second kappa shape index (κ2) is 9.15. The van der Waals surface area contributed by atoms with Crippen LogP contribution in [0.1, 0.15) is 16.8 Å². The summed E-state index contributed by atoms with van der Waals surface area (Å²) in [4.78, 5) is 4.14. The van der Waals surface area contributed by atoms with Crippen LogP contribution in [-0.2, 0) is 6.61 Å². The lowest BCUT2D eigenvalue weighted by Gasteiger charge is -2.13. The van der Waals surface area contributed by atoms with Gasteiger partial charge in [0, 0.05) is 11.8 Å². The highest BCUT2D eigenvalue weighted by molar-refractivity contribution is 5.96. The van der Waals surface area contributed by atoms with Crippen LogP contribution in [-0.4, -0.2) is 24.1 Å². The molecule has 0 amide bonds. The maximum absolute atomic E-state index is 5.98. The maximum Gasteiger partial charge on any atom is 0.171 e. The van der Waals surface area contributed by atoms with E-state index in [1.165, 1.54) is 0 Å². The lowest BCUT2D eigenvalue weighted by molar-refractivity contribution is 0.284. The highest BCUT2D eigenvalue weighted by atomic mass is 16.5. The Morgan fingerprint density at radius 2 is 1.85 bits per heavy atom. The molecule has 27 heavy (non-hydrogen) atoms. The quantitative estimate of drug-likeness (QED) is 0.398. The van der Waals surface area contributed by atoms with Crippen LogP contribution in [0.2, 0.25) is 0 Å². The third kappa shape index (κ3) is 4.92. The second-order valence-corrected chi connectivity index (χ2v) is 5.60. The SMILES string of the molecule is COc1cccc(/C=N/N=C(\N)c2ccccn2)c1OCc1ccccc1. The van der Waals surface area contributed by atoms with E-state index in [0.29, 0.717) is 23.8 Å². The molecule has 0 saturated heterocycles. The number of hydrogen-bond acceptors (Lipinski definition) is 5. The van der Waals surface area contributed by atoms with Crippen molar-refractivity contribution in [1.82, 2.24) is 4.98 Å². The topological polar surface area (TPSA) is 82.1 Å². The molecule has 0 bridgehead atoms. The van der Waals surface area contributed by atoms with Crippen molar-refractivity contribution in [2.75, 3.05) is 7.11 Å². The third-order valence-electron chi connectivity index (χ3n) is 3.74. The van der Waals surface area contributed by atoms with Gasteiger partial charge in [0.05, 0.1) is 13.3 Å². The zero-order valence-corrected chi connectivity index (χ0v) is 14.9. The standard InChI is InChI=1S/C21H20N4O2/c1-26-19-12-7-10-17(20(19)27-15-16-8-3-2-4-9-16)14-24-25-21(22)18-11-5-6-13-23-18/h2-14H,15H2,1H3,(H2,22,25)/b24-14+. The van der Waals surface area contributed by atoms with Gasteiger partial charge >= 0.3 is 0 Å². The smallest absolute Gasteiger partial charge is 0.171 e. The fourth-order valence-corrected chi connectivity index (χ4v) is 2.40. The van der Waals surface area contributed by atoms with Crippen LogP contribution in [0.15, 0.2) is 83.1 Å². The largest absolute Gasteiger partial charge is 0.493 e. The number of pyridine rings is 1. The monoisotopic (exact) mass is 360 g/mol. The zero-order chi connectivity index (χ0) is 18.9.